The summed E-state index contributed by atoms with van der Waals surface area (Å²) < 4.78 is 10.8. The fourth-order valence-corrected chi connectivity index (χ4v) is 2.91. The molecule has 2 heterocycles. The number of ether oxygens (including phenoxy) is 2. The van der Waals surface area contributed by atoms with Crippen molar-refractivity contribution in [3.05, 3.63) is 60.2 Å². The second-order valence-corrected chi connectivity index (χ2v) is 7.14. The van der Waals surface area contributed by atoms with Gasteiger partial charge in [-0.25, -0.2) is 4.98 Å². The van der Waals surface area contributed by atoms with E-state index in [1.807, 2.05) is 42.5 Å². The van der Waals surface area contributed by atoms with Gasteiger partial charge in [0.2, 0.25) is 12.7 Å². The molecular weight excluding hydrogens is 352 g/mol. The van der Waals surface area contributed by atoms with Crippen LogP contribution in [-0.4, -0.2) is 23.3 Å². The van der Waals surface area contributed by atoms with Crippen molar-refractivity contribution in [2.24, 2.45) is 5.92 Å². The number of nitrogens with zero attached hydrogens (tertiary/aromatic N) is 2. The lowest BCUT2D eigenvalue weighted by Crippen LogP contribution is -2.12. The number of hydrogen-bond acceptors (Lipinski definition) is 6. The van der Waals surface area contributed by atoms with Crippen LogP contribution < -0.4 is 20.1 Å². The standard InChI is InChI=1S/C22H24N4O2/c1-15(2)12-24-22-25-18(17-6-4-3-5-7-17)11-21(26-22)23-13-16-8-9-19-20(10-16)28-14-27-19/h3-11,15H,12-14H2,1-2H3,(H2,23,24,25,26). The Kier molecular flexibility index (Phi) is 5.28. The predicted octanol–water partition coefficient (Wildman–Crippen LogP) is 4.55. The van der Waals surface area contributed by atoms with Gasteiger partial charge in [-0.1, -0.05) is 50.2 Å². The molecule has 2 aromatic carbocycles. The van der Waals surface area contributed by atoms with E-state index in [9.17, 15) is 0 Å². The van der Waals surface area contributed by atoms with E-state index in [0.717, 1.165) is 40.7 Å². The third-order valence-electron chi connectivity index (χ3n) is 4.37. The van der Waals surface area contributed by atoms with Gasteiger partial charge in [0.25, 0.3) is 0 Å². The fraction of sp³-hybridized carbons (Fsp3) is 0.273. The molecule has 0 unspecified atom stereocenters. The minimum Gasteiger partial charge on any atom is -0.454 e. The van der Waals surface area contributed by atoms with Crippen LogP contribution in [0.1, 0.15) is 19.4 Å². The number of aromatic nitrogens is 2. The number of benzene rings is 2. The number of rotatable bonds is 7. The monoisotopic (exact) mass is 376 g/mol. The Morgan fingerprint density at radius 3 is 2.57 bits per heavy atom. The summed E-state index contributed by atoms with van der Waals surface area (Å²) in [6, 6.07) is 18.1. The summed E-state index contributed by atoms with van der Waals surface area (Å²) in [4.78, 5) is 9.31. The van der Waals surface area contributed by atoms with Crippen molar-refractivity contribution in [2.75, 3.05) is 24.0 Å². The average molecular weight is 376 g/mol. The lowest BCUT2D eigenvalue weighted by molar-refractivity contribution is 0.174. The minimum absolute atomic E-state index is 0.281. The molecule has 0 saturated heterocycles. The Morgan fingerprint density at radius 1 is 0.929 bits per heavy atom. The maximum absolute atomic E-state index is 5.46. The Bertz CT molecular complexity index is 945. The van der Waals surface area contributed by atoms with Gasteiger partial charge in [0.05, 0.1) is 5.69 Å². The van der Waals surface area contributed by atoms with Crippen molar-refractivity contribution in [1.29, 1.82) is 0 Å². The quantitative estimate of drug-likeness (QED) is 0.630. The highest BCUT2D eigenvalue weighted by atomic mass is 16.7. The molecule has 0 saturated carbocycles. The second-order valence-electron chi connectivity index (χ2n) is 7.14. The SMILES string of the molecule is CC(C)CNc1nc(NCc2ccc3c(c2)OCO3)cc(-c2ccccc2)n1. The van der Waals surface area contributed by atoms with Crippen molar-refractivity contribution in [3.63, 3.8) is 0 Å². The average Bonchev–Trinajstić information content (AvgIpc) is 3.19. The smallest absolute Gasteiger partial charge is 0.231 e. The predicted molar refractivity (Wildman–Crippen MR) is 111 cm³/mol. The van der Waals surface area contributed by atoms with Gasteiger partial charge in [0, 0.05) is 24.7 Å². The Hall–Kier alpha value is -3.28. The van der Waals surface area contributed by atoms with E-state index in [1.54, 1.807) is 0 Å². The summed E-state index contributed by atoms with van der Waals surface area (Å²) >= 11 is 0. The second kappa shape index (κ2) is 8.17. The van der Waals surface area contributed by atoms with Gasteiger partial charge < -0.3 is 20.1 Å². The highest BCUT2D eigenvalue weighted by molar-refractivity contribution is 5.64. The van der Waals surface area contributed by atoms with Crippen molar-refractivity contribution < 1.29 is 9.47 Å². The van der Waals surface area contributed by atoms with Gasteiger partial charge in [0.15, 0.2) is 11.5 Å². The van der Waals surface area contributed by atoms with Crippen LogP contribution in [0.5, 0.6) is 11.5 Å². The zero-order valence-electron chi connectivity index (χ0n) is 16.1. The first kappa shape index (κ1) is 18.1. The molecule has 28 heavy (non-hydrogen) atoms. The molecule has 1 aliphatic rings. The molecule has 0 radical (unpaired) electrons. The number of hydrogen-bond donors (Lipinski definition) is 2. The van der Waals surface area contributed by atoms with Crippen LogP contribution in [0.25, 0.3) is 11.3 Å². The number of anilines is 2. The van der Waals surface area contributed by atoms with Gasteiger partial charge in [-0.2, -0.15) is 4.98 Å². The zero-order chi connectivity index (χ0) is 19.3. The normalized spacial score (nSPS) is 12.2. The first-order valence-corrected chi connectivity index (χ1v) is 9.48. The van der Waals surface area contributed by atoms with Gasteiger partial charge in [-0.05, 0) is 23.6 Å². The van der Waals surface area contributed by atoms with Gasteiger partial charge in [-0.15, -0.1) is 0 Å². The van der Waals surface area contributed by atoms with Crippen LogP contribution in [0, 0.1) is 5.92 Å². The highest BCUT2D eigenvalue weighted by Crippen LogP contribution is 2.32. The molecule has 0 bridgehead atoms. The molecule has 0 atom stereocenters. The lowest BCUT2D eigenvalue weighted by atomic mass is 10.1. The molecule has 4 rings (SSSR count). The van der Waals surface area contributed by atoms with Gasteiger partial charge in [-0.3, -0.25) is 0 Å². The molecule has 1 aliphatic heterocycles. The van der Waals surface area contributed by atoms with Gasteiger partial charge in [0.1, 0.15) is 5.82 Å². The molecule has 6 nitrogen and oxygen atoms in total. The summed E-state index contributed by atoms with van der Waals surface area (Å²) in [7, 11) is 0. The zero-order valence-corrected chi connectivity index (χ0v) is 16.1. The molecule has 6 heteroatoms. The van der Waals surface area contributed by atoms with Crippen molar-refractivity contribution in [2.45, 2.75) is 20.4 Å². The minimum atomic E-state index is 0.281. The third-order valence-corrected chi connectivity index (χ3v) is 4.37. The maximum Gasteiger partial charge on any atom is 0.231 e. The van der Waals surface area contributed by atoms with E-state index >= 15 is 0 Å². The van der Waals surface area contributed by atoms with E-state index < -0.39 is 0 Å². The molecule has 0 aliphatic carbocycles. The molecule has 1 aromatic heterocycles. The van der Waals surface area contributed by atoms with E-state index in [4.69, 9.17) is 9.47 Å². The van der Waals surface area contributed by atoms with Crippen LogP contribution >= 0.6 is 0 Å². The summed E-state index contributed by atoms with van der Waals surface area (Å²) in [6.07, 6.45) is 0. The van der Waals surface area contributed by atoms with Crippen LogP contribution in [0.2, 0.25) is 0 Å². The summed E-state index contributed by atoms with van der Waals surface area (Å²) in [5.41, 5.74) is 3.04. The summed E-state index contributed by atoms with van der Waals surface area (Å²) in [6.45, 7) is 6.05. The largest absolute Gasteiger partial charge is 0.454 e. The lowest BCUT2D eigenvalue weighted by Gasteiger charge is -2.13. The van der Waals surface area contributed by atoms with Crippen LogP contribution in [0.15, 0.2) is 54.6 Å². The molecule has 144 valence electrons. The molecule has 2 N–H and O–H groups in total. The molecule has 0 spiro atoms. The maximum atomic E-state index is 5.46. The topological polar surface area (TPSA) is 68.3 Å². The van der Waals surface area contributed by atoms with Crippen molar-refractivity contribution in [3.8, 4) is 22.8 Å². The summed E-state index contributed by atoms with van der Waals surface area (Å²) in [5.74, 6) is 3.48. The first-order chi connectivity index (χ1) is 13.7. The summed E-state index contributed by atoms with van der Waals surface area (Å²) in [5, 5.41) is 6.73. The molecule has 0 fully saturated rings. The number of nitrogens with one attached hydrogen (secondary N) is 2. The fourth-order valence-electron chi connectivity index (χ4n) is 2.91. The highest BCUT2D eigenvalue weighted by Gasteiger charge is 2.13. The Morgan fingerprint density at radius 2 is 1.75 bits per heavy atom. The Labute approximate surface area is 164 Å². The van der Waals surface area contributed by atoms with Crippen LogP contribution in [0.4, 0.5) is 11.8 Å². The third kappa shape index (κ3) is 4.34. The van der Waals surface area contributed by atoms with Crippen molar-refractivity contribution in [1.82, 2.24) is 9.97 Å². The number of fused-ring (bicyclic) bond motifs is 1. The van der Waals surface area contributed by atoms with E-state index in [1.165, 1.54) is 0 Å². The van der Waals surface area contributed by atoms with Gasteiger partial charge >= 0.3 is 0 Å². The van der Waals surface area contributed by atoms with Crippen molar-refractivity contribution >= 4 is 11.8 Å². The van der Waals surface area contributed by atoms with E-state index in [-0.39, 0.29) is 6.79 Å². The van der Waals surface area contributed by atoms with E-state index in [0.29, 0.717) is 18.4 Å². The molecule has 0 amide bonds. The molecular formula is C22H24N4O2. The van der Waals surface area contributed by atoms with Crippen LogP contribution in [0.3, 0.4) is 0 Å². The molecule has 3 aromatic rings. The van der Waals surface area contributed by atoms with Crippen LogP contribution in [-0.2, 0) is 6.54 Å². The Balaban J connectivity index is 1.55. The first-order valence-electron chi connectivity index (χ1n) is 9.48. The van der Waals surface area contributed by atoms with E-state index in [2.05, 4.69) is 46.6 Å².